The highest BCUT2D eigenvalue weighted by atomic mass is 32.2. The van der Waals surface area contributed by atoms with E-state index in [0.29, 0.717) is 6.04 Å². The summed E-state index contributed by atoms with van der Waals surface area (Å²) in [5.74, 6) is 0.843. The van der Waals surface area contributed by atoms with Crippen LogP contribution in [-0.4, -0.2) is 22.2 Å². The first-order valence-corrected chi connectivity index (χ1v) is 6.88. The van der Waals surface area contributed by atoms with E-state index in [-0.39, 0.29) is 0 Å². The molecule has 0 bridgehead atoms. The first-order valence-electron chi connectivity index (χ1n) is 6.07. The first kappa shape index (κ1) is 13.1. The van der Waals surface area contributed by atoms with Crippen LogP contribution in [0.2, 0.25) is 0 Å². The Kier molecular flexibility index (Phi) is 4.38. The predicted molar refractivity (Wildman–Crippen MR) is 73.8 cm³/mol. The van der Waals surface area contributed by atoms with Crippen LogP contribution in [0.4, 0.5) is 0 Å². The quantitative estimate of drug-likeness (QED) is 0.870. The Balaban J connectivity index is 2.07. The molecule has 0 aliphatic rings. The molecule has 0 saturated heterocycles. The molecule has 0 radical (unpaired) electrons. The van der Waals surface area contributed by atoms with Crippen LogP contribution in [-0.2, 0) is 0 Å². The van der Waals surface area contributed by atoms with Gasteiger partial charge in [-0.15, -0.1) is 5.10 Å². The highest BCUT2D eigenvalue weighted by molar-refractivity contribution is 7.99. The number of hydrogen-bond donors (Lipinski definition) is 2. The zero-order chi connectivity index (χ0) is 13.0. The van der Waals surface area contributed by atoms with Crippen molar-refractivity contribution in [2.45, 2.75) is 36.4 Å². The van der Waals surface area contributed by atoms with Crippen molar-refractivity contribution in [1.29, 1.82) is 0 Å². The fraction of sp³-hybridized carbons (Fsp3) is 0.385. The third-order valence-corrected chi connectivity index (χ3v) is 3.70. The zero-order valence-corrected chi connectivity index (χ0v) is 11.7. The fourth-order valence-electron chi connectivity index (χ4n) is 1.85. The second-order valence-corrected chi connectivity index (χ2v) is 5.16. The van der Waals surface area contributed by atoms with E-state index >= 15 is 0 Å². The molecule has 1 heterocycles. The van der Waals surface area contributed by atoms with Gasteiger partial charge >= 0.3 is 0 Å². The topological polar surface area (TPSA) is 53.6 Å². The Bertz CT molecular complexity index is 488. The minimum Gasteiger partial charge on any atom is -0.313 e. The maximum absolute atomic E-state index is 4.28. The lowest BCUT2D eigenvalue weighted by molar-refractivity contribution is 0.576. The molecule has 4 nitrogen and oxygen atoms in total. The average molecular weight is 262 g/mol. The molecule has 1 atom stereocenters. The summed E-state index contributed by atoms with van der Waals surface area (Å²) >= 11 is 1.57. The van der Waals surface area contributed by atoms with Crippen LogP contribution in [0.3, 0.4) is 0 Å². The first-order chi connectivity index (χ1) is 8.72. The maximum Gasteiger partial charge on any atom is 0.213 e. The molecule has 18 heavy (non-hydrogen) atoms. The Hall–Kier alpha value is -1.33. The number of benzene rings is 1. The van der Waals surface area contributed by atoms with Crippen LogP contribution in [0, 0.1) is 6.92 Å². The number of rotatable bonds is 5. The minimum atomic E-state index is 0.426. The number of aromatic nitrogens is 3. The largest absolute Gasteiger partial charge is 0.313 e. The monoisotopic (exact) mass is 262 g/mol. The van der Waals surface area contributed by atoms with Crippen LogP contribution < -0.4 is 5.32 Å². The highest BCUT2D eigenvalue weighted by Gasteiger charge is 2.07. The van der Waals surface area contributed by atoms with Gasteiger partial charge in [-0.2, -0.15) is 0 Å². The Morgan fingerprint density at radius 1 is 1.33 bits per heavy atom. The van der Waals surface area contributed by atoms with Crippen molar-refractivity contribution in [1.82, 2.24) is 20.5 Å². The molecular formula is C13H18N4S. The van der Waals surface area contributed by atoms with Crippen LogP contribution in [0.25, 0.3) is 0 Å². The molecule has 1 aromatic carbocycles. The number of hydrogen-bond acceptors (Lipinski definition) is 4. The standard InChI is InChI=1S/C13H18N4S/c1-4-12(14-3)10-5-7-11(8-6-10)18-13-15-9(2)16-17-13/h5-8,12,14H,4H2,1-3H3,(H,15,16,17). The number of nitrogens with zero attached hydrogens (tertiary/aromatic N) is 2. The second kappa shape index (κ2) is 6.02. The highest BCUT2D eigenvalue weighted by Crippen LogP contribution is 2.26. The van der Waals surface area contributed by atoms with Gasteiger partial charge in [0.2, 0.25) is 5.16 Å². The molecule has 0 aliphatic carbocycles. The summed E-state index contributed by atoms with van der Waals surface area (Å²) in [6.07, 6.45) is 1.09. The van der Waals surface area contributed by atoms with Gasteiger partial charge in [0.05, 0.1) is 0 Å². The van der Waals surface area contributed by atoms with Crippen molar-refractivity contribution >= 4 is 11.8 Å². The van der Waals surface area contributed by atoms with Gasteiger partial charge in [0.25, 0.3) is 0 Å². The van der Waals surface area contributed by atoms with Crippen LogP contribution in [0.1, 0.15) is 30.8 Å². The van der Waals surface area contributed by atoms with E-state index in [1.807, 2.05) is 14.0 Å². The molecule has 2 rings (SSSR count). The Morgan fingerprint density at radius 3 is 2.56 bits per heavy atom. The van der Waals surface area contributed by atoms with E-state index in [0.717, 1.165) is 22.3 Å². The lowest BCUT2D eigenvalue weighted by Crippen LogP contribution is -2.14. The third kappa shape index (κ3) is 3.11. The number of nitrogens with one attached hydrogen (secondary N) is 2. The summed E-state index contributed by atoms with van der Waals surface area (Å²) < 4.78 is 0. The van der Waals surface area contributed by atoms with E-state index in [1.165, 1.54) is 5.56 Å². The third-order valence-electron chi connectivity index (χ3n) is 2.83. The normalized spacial score (nSPS) is 12.6. The van der Waals surface area contributed by atoms with E-state index in [4.69, 9.17) is 0 Å². The molecule has 0 fully saturated rings. The van der Waals surface area contributed by atoms with Gasteiger partial charge in [-0.05, 0) is 49.9 Å². The van der Waals surface area contributed by atoms with Gasteiger partial charge in [-0.25, -0.2) is 4.98 Å². The number of H-pyrrole nitrogens is 1. The van der Waals surface area contributed by atoms with Crippen LogP contribution in [0.5, 0.6) is 0 Å². The molecule has 0 aliphatic heterocycles. The van der Waals surface area contributed by atoms with Gasteiger partial charge < -0.3 is 5.32 Å². The van der Waals surface area contributed by atoms with Crippen molar-refractivity contribution in [3.63, 3.8) is 0 Å². The molecule has 0 spiro atoms. The van der Waals surface area contributed by atoms with Crippen molar-refractivity contribution in [2.75, 3.05) is 7.05 Å². The Labute approximate surface area is 112 Å². The van der Waals surface area contributed by atoms with Crippen molar-refractivity contribution in [2.24, 2.45) is 0 Å². The summed E-state index contributed by atoms with van der Waals surface area (Å²) in [6, 6.07) is 8.98. The van der Waals surface area contributed by atoms with Gasteiger partial charge in [0, 0.05) is 10.9 Å². The summed E-state index contributed by atoms with van der Waals surface area (Å²) in [6.45, 7) is 4.08. The molecule has 2 aromatic rings. The summed E-state index contributed by atoms with van der Waals surface area (Å²) in [5, 5.41) is 11.0. The van der Waals surface area contributed by atoms with Gasteiger partial charge in [0.1, 0.15) is 5.82 Å². The van der Waals surface area contributed by atoms with Crippen LogP contribution >= 0.6 is 11.8 Å². The maximum atomic E-state index is 4.28. The van der Waals surface area contributed by atoms with E-state index in [2.05, 4.69) is 51.7 Å². The van der Waals surface area contributed by atoms with Crippen molar-refractivity contribution in [3.05, 3.63) is 35.7 Å². The van der Waals surface area contributed by atoms with E-state index < -0.39 is 0 Å². The molecular weight excluding hydrogens is 244 g/mol. The van der Waals surface area contributed by atoms with Gasteiger partial charge in [0.15, 0.2) is 0 Å². The number of aryl methyl sites for hydroxylation is 1. The van der Waals surface area contributed by atoms with Gasteiger partial charge in [-0.3, -0.25) is 5.10 Å². The molecule has 5 heteroatoms. The molecule has 0 saturated carbocycles. The smallest absolute Gasteiger partial charge is 0.213 e. The summed E-state index contributed by atoms with van der Waals surface area (Å²) in [5.41, 5.74) is 1.32. The molecule has 2 N–H and O–H groups in total. The molecule has 96 valence electrons. The summed E-state index contributed by atoms with van der Waals surface area (Å²) in [7, 11) is 1.99. The van der Waals surface area contributed by atoms with E-state index in [9.17, 15) is 0 Å². The van der Waals surface area contributed by atoms with Crippen molar-refractivity contribution < 1.29 is 0 Å². The molecule has 1 aromatic heterocycles. The average Bonchev–Trinajstić information content (AvgIpc) is 2.78. The minimum absolute atomic E-state index is 0.426. The van der Waals surface area contributed by atoms with Crippen LogP contribution in [0.15, 0.2) is 34.3 Å². The fourth-order valence-corrected chi connectivity index (χ4v) is 2.60. The van der Waals surface area contributed by atoms with E-state index in [1.54, 1.807) is 11.8 Å². The lowest BCUT2D eigenvalue weighted by Gasteiger charge is -2.14. The number of aromatic amines is 1. The predicted octanol–water partition coefficient (Wildman–Crippen LogP) is 2.93. The lowest BCUT2D eigenvalue weighted by atomic mass is 10.1. The SMILES string of the molecule is CCC(NC)c1ccc(Sc2n[nH]c(C)n2)cc1. The second-order valence-electron chi connectivity index (χ2n) is 4.12. The molecule has 1 unspecified atom stereocenters. The van der Waals surface area contributed by atoms with Gasteiger partial charge in [-0.1, -0.05) is 19.1 Å². The molecule has 0 amide bonds. The Morgan fingerprint density at radius 2 is 2.06 bits per heavy atom. The zero-order valence-electron chi connectivity index (χ0n) is 10.9. The van der Waals surface area contributed by atoms with Crippen molar-refractivity contribution in [3.8, 4) is 0 Å². The summed E-state index contributed by atoms with van der Waals surface area (Å²) in [4.78, 5) is 5.44.